The molecule has 2 aromatic rings. The minimum Gasteiger partial charge on any atom is -0.484 e. The van der Waals surface area contributed by atoms with Crippen LogP contribution in [0.1, 0.15) is 24.8 Å². The molecule has 0 saturated heterocycles. The van der Waals surface area contributed by atoms with E-state index in [1.54, 1.807) is 12.1 Å². The molecule has 0 aromatic heterocycles. The van der Waals surface area contributed by atoms with Crippen LogP contribution in [-0.4, -0.2) is 36.4 Å². The molecule has 2 amide bonds. The van der Waals surface area contributed by atoms with Gasteiger partial charge < -0.3 is 20.7 Å². The highest BCUT2D eigenvalue weighted by Crippen LogP contribution is 2.31. The molecule has 1 aliphatic rings. The van der Waals surface area contributed by atoms with Crippen molar-refractivity contribution in [3.05, 3.63) is 60.2 Å². The molecule has 6 heteroatoms. The van der Waals surface area contributed by atoms with Gasteiger partial charge in [0.05, 0.1) is 0 Å². The highest BCUT2D eigenvalue weighted by atomic mass is 16.5. The topological polar surface area (TPSA) is 84.7 Å². The molecule has 0 radical (unpaired) electrons. The minimum atomic E-state index is -0.227. The zero-order valence-corrected chi connectivity index (χ0v) is 16.0. The molecule has 0 spiro atoms. The number of hydrogen-bond acceptors (Lipinski definition) is 4. The summed E-state index contributed by atoms with van der Waals surface area (Å²) in [6, 6.07) is 16.8. The van der Waals surface area contributed by atoms with E-state index in [-0.39, 0.29) is 24.3 Å². The normalized spacial score (nSPS) is 13.0. The van der Waals surface area contributed by atoms with E-state index in [9.17, 15) is 9.59 Å². The number of ether oxygens (including phenoxy) is 1. The van der Waals surface area contributed by atoms with Crippen molar-refractivity contribution in [2.45, 2.75) is 25.8 Å². The lowest BCUT2D eigenvalue weighted by Crippen LogP contribution is -2.33. The van der Waals surface area contributed by atoms with Crippen LogP contribution in [0.25, 0.3) is 0 Å². The zero-order chi connectivity index (χ0) is 19.8. The molecule has 3 N–H and O–H groups in total. The van der Waals surface area contributed by atoms with E-state index >= 15 is 0 Å². The Morgan fingerprint density at radius 2 is 1.89 bits per heavy atom. The molecule has 148 valence electrons. The predicted molar refractivity (Wildman–Crippen MR) is 109 cm³/mol. The number of amides is 2. The minimum absolute atomic E-state index is 0.0585. The fourth-order valence-electron chi connectivity index (χ4n) is 2.97. The van der Waals surface area contributed by atoms with Crippen molar-refractivity contribution in [1.29, 1.82) is 0 Å². The van der Waals surface area contributed by atoms with Crippen LogP contribution in [0.4, 0.5) is 5.69 Å². The van der Waals surface area contributed by atoms with Crippen molar-refractivity contribution >= 4 is 17.5 Å². The maximum atomic E-state index is 12.5. The van der Waals surface area contributed by atoms with Gasteiger partial charge in [-0.25, -0.2) is 0 Å². The van der Waals surface area contributed by atoms with Crippen LogP contribution in [0.2, 0.25) is 0 Å². The van der Waals surface area contributed by atoms with Gasteiger partial charge in [-0.15, -0.1) is 0 Å². The summed E-state index contributed by atoms with van der Waals surface area (Å²) in [6.07, 6.45) is 2.75. The van der Waals surface area contributed by atoms with E-state index in [1.165, 1.54) is 0 Å². The van der Waals surface area contributed by atoms with Gasteiger partial charge in [-0.1, -0.05) is 30.3 Å². The third kappa shape index (κ3) is 6.09. The monoisotopic (exact) mass is 381 g/mol. The van der Waals surface area contributed by atoms with Crippen molar-refractivity contribution in [3.63, 3.8) is 0 Å². The fourth-order valence-corrected chi connectivity index (χ4v) is 2.97. The molecule has 28 heavy (non-hydrogen) atoms. The maximum absolute atomic E-state index is 12.5. The fraction of sp³-hybridized carbons (Fsp3) is 0.364. The van der Waals surface area contributed by atoms with Gasteiger partial charge in [-0.05, 0) is 55.6 Å². The molecule has 3 rings (SSSR count). The number of anilines is 1. The number of rotatable bonds is 10. The number of nitrogens with two attached hydrogens (primary N) is 1. The van der Waals surface area contributed by atoms with Gasteiger partial charge in [0, 0.05) is 24.7 Å². The van der Waals surface area contributed by atoms with Crippen molar-refractivity contribution in [2.24, 2.45) is 11.7 Å². The van der Waals surface area contributed by atoms with Crippen molar-refractivity contribution in [3.8, 4) is 5.75 Å². The second kappa shape index (κ2) is 9.90. The highest BCUT2D eigenvalue weighted by molar-refractivity contribution is 5.92. The summed E-state index contributed by atoms with van der Waals surface area (Å²) in [4.78, 5) is 26.5. The van der Waals surface area contributed by atoms with E-state index in [1.807, 2.05) is 47.4 Å². The van der Waals surface area contributed by atoms with Crippen LogP contribution in [0.15, 0.2) is 54.6 Å². The third-order valence-electron chi connectivity index (χ3n) is 4.57. The molecule has 1 aliphatic carbocycles. The molecule has 0 aliphatic heterocycles. The van der Waals surface area contributed by atoms with Gasteiger partial charge in [0.25, 0.3) is 5.91 Å². The second-order valence-corrected chi connectivity index (χ2v) is 7.03. The average molecular weight is 381 g/mol. The average Bonchev–Trinajstić information content (AvgIpc) is 3.55. The number of nitrogens with one attached hydrogen (secondary N) is 1. The van der Waals surface area contributed by atoms with Crippen LogP contribution in [0, 0.1) is 5.92 Å². The van der Waals surface area contributed by atoms with Gasteiger partial charge in [0.1, 0.15) is 5.75 Å². The molecule has 0 heterocycles. The van der Waals surface area contributed by atoms with Gasteiger partial charge in [0.15, 0.2) is 6.61 Å². The summed E-state index contributed by atoms with van der Waals surface area (Å²) in [6.45, 7) is 1.69. The molecular formula is C22H27N3O3. The number of carbonyl (C=O) groups is 2. The Morgan fingerprint density at radius 1 is 1.11 bits per heavy atom. The molecular weight excluding hydrogens is 354 g/mol. The first-order valence-corrected chi connectivity index (χ1v) is 9.71. The lowest BCUT2D eigenvalue weighted by atomic mass is 10.1. The van der Waals surface area contributed by atoms with Crippen molar-refractivity contribution in [1.82, 2.24) is 4.90 Å². The highest BCUT2D eigenvalue weighted by Gasteiger charge is 2.33. The van der Waals surface area contributed by atoms with E-state index in [0.29, 0.717) is 31.1 Å². The first kappa shape index (κ1) is 19.9. The molecule has 2 aromatic carbocycles. The number of carbonyl (C=O) groups excluding carboxylic acids is 2. The van der Waals surface area contributed by atoms with E-state index in [4.69, 9.17) is 10.5 Å². The van der Waals surface area contributed by atoms with Crippen molar-refractivity contribution in [2.75, 3.05) is 25.0 Å². The second-order valence-electron chi connectivity index (χ2n) is 7.03. The smallest absolute Gasteiger partial charge is 0.262 e. The van der Waals surface area contributed by atoms with E-state index < -0.39 is 0 Å². The Hall–Kier alpha value is -2.86. The summed E-state index contributed by atoms with van der Waals surface area (Å²) in [5.74, 6) is 0.811. The molecule has 1 fully saturated rings. The predicted octanol–water partition coefficient (Wildman–Crippen LogP) is 2.79. The van der Waals surface area contributed by atoms with Crippen LogP contribution >= 0.6 is 0 Å². The number of benzene rings is 2. The van der Waals surface area contributed by atoms with Crippen LogP contribution < -0.4 is 15.8 Å². The van der Waals surface area contributed by atoms with Crippen LogP contribution in [-0.2, 0) is 16.1 Å². The van der Waals surface area contributed by atoms with E-state index in [2.05, 4.69) is 5.32 Å². The molecule has 0 bridgehead atoms. The number of nitrogens with zero attached hydrogens (tertiary/aromatic N) is 1. The van der Waals surface area contributed by atoms with Gasteiger partial charge in [-0.3, -0.25) is 9.59 Å². The Labute approximate surface area is 165 Å². The SMILES string of the molecule is NCCCN(Cc1cccc(NC(=O)COc2ccccc2)c1)C(=O)C1CC1. The Morgan fingerprint density at radius 3 is 2.61 bits per heavy atom. The Bertz CT molecular complexity index is 791. The Balaban J connectivity index is 1.56. The first-order chi connectivity index (χ1) is 13.7. The largest absolute Gasteiger partial charge is 0.484 e. The summed E-state index contributed by atoms with van der Waals surface area (Å²) in [5, 5.41) is 2.85. The summed E-state index contributed by atoms with van der Waals surface area (Å²) >= 11 is 0. The Kier molecular flexibility index (Phi) is 7.03. The molecule has 1 saturated carbocycles. The molecule has 6 nitrogen and oxygen atoms in total. The number of hydrogen-bond donors (Lipinski definition) is 2. The summed E-state index contributed by atoms with van der Waals surface area (Å²) in [7, 11) is 0. The van der Waals surface area contributed by atoms with Crippen LogP contribution in [0.3, 0.4) is 0 Å². The maximum Gasteiger partial charge on any atom is 0.262 e. The lowest BCUT2D eigenvalue weighted by Gasteiger charge is -2.23. The standard InChI is InChI=1S/C22H27N3O3/c23-12-5-13-25(22(27)18-10-11-18)15-17-6-4-7-19(14-17)24-21(26)16-28-20-8-2-1-3-9-20/h1-4,6-9,14,18H,5,10-13,15-16,23H2,(H,24,26). The quantitative estimate of drug-likeness (QED) is 0.663. The third-order valence-corrected chi connectivity index (χ3v) is 4.57. The van der Waals surface area contributed by atoms with Crippen LogP contribution in [0.5, 0.6) is 5.75 Å². The van der Waals surface area contributed by atoms with Crippen molar-refractivity contribution < 1.29 is 14.3 Å². The number of para-hydroxylation sites is 1. The first-order valence-electron chi connectivity index (χ1n) is 9.71. The zero-order valence-electron chi connectivity index (χ0n) is 16.0. The summed E-state index contributed by atoms with van der Waals surface area (Å²) in [5.41, 5.74) is 7.29. The van der Waals surface area contributed by atoms with Gasteiger partial charge in [0.2, 0.25) is 5.91 Å². The van der Waals surface area contributed by atoms with E-state index in [0.717, 1.165) is 24.8 Å². The molecule has 0 unspecified atom stereocenters. The lowest BCUT2D eigenvalue weighted by molar-refractivity contribution is -0.133. The molecule has 0 atom stereocenters. The van der Waals surface area contributed by atoms with Gasteiger partial charge >= 0.3 is 0 Å². The summed E-state index contributed by atoms with van der Waals surface area (Å²) < 4.78 is 5.47. The van der Waals surface area contributed by atoms with Gasteiger partial charge in [-0.2, -0.15) is 0 Å².